The molecule has 2 nitrogen and oxygen atoms in total. The Labute approximate surface area is 95.6 Å². The van der Waals surface area contributed by atoms with E-state index in [-0.39, 0.29) is 0 Å². The van der Waals surface area contributed by atoms with E-state index in [4.69, 9.17) is 5.11 Å². The van der Waals surface area contributed by atoms with Crippen LogP contribution in [0.25, 0.3) is 0 Å². The first-order chi connectivity index (χ1) is 6.06. The van der Waals surface area contributed by atoms with Crippen LogP contribution in [-0.4, -0.2) is 10.1 Å². The smallest absolute Gasteiger partial charge is 0.284 e. The van der Waals surface area contributed by atoms with Crippen LogP contribution in [0.4, 0.5) is 8.78 Å². The molecule has 0 aliphatic rings. The number of rotatable bonds is 2. The van der Waals surface area contributed by atoms with Crippen molar-refractivity contribution in [1.29, 1.82) is 0 Å². The maximum Gasteiger partial charge on any atom is 0.284 e. The zero-order valence-electron chi connectivity index (χ0n) is 6.27. The molecule has 0 saturated carbocycles. The minimum Gasteiger partial charge on any atom is -0.506 e. The van der Waals surface area contributed by atoms with Crippen LogP contribution < -0.4 is 0 Å². The third-order valence-corrected chi connectivity index (χ3v) is 2.86. The summed E-state index contributed by atoms with van der Waals surface area (Å²) in [4.78, 5) is 3.64. The Kier molecular flexibility index (Phi) is 3.84. The lowest BCUT2D eigenvalue weighted by atomic mass is 10.3. The molecule has 72 valence electrons. The van der Waals surface area contributed by atoms with E-state index in [1.165, 1.54) is 6.07 Å². The quantitative estimate of drug-likeness (QED) is 0.646. The Bertz CT molecular complexity index is 322. The highest BCUT2D eigenvalue weighted by Gasteiger charge is 2.16. The first-order valence-electron chi connectivity index (χ1n) is 3.28. The predicted octanol–water partition coefficient (Wildman–Crippen LogP) is 3.22. The molecule has 0 bridgehead atoms. The first-order valence-corrected chi connectivity index (χ1v) is 5.48. The third kappa shape index (κ3) is 2.49. The second kappa shape index (κ2) is 4.50. The SMILES string of the molecule is Oc1cc(I)c(CBr)nc1C(F)F. The van der Waals surface area contributed by atoms with Gasteiger partial charge in [-0.1, -0.05) is 15.9 Å². The average Bonchev–Trinajstić information content (AvgIpc) is 2.03. The zero-order valence-corrected chi connectivity index (χ0v) is 10.0. The number of pyridine rings is 1. The van der Waals surface area contributed by atoms with Gasteiger partial charge in [-0.3, -0.25) is 0 Å². The summed E-state index contributed by atoms with van der Waals surface area (Å²) in [6.07, 6.45) is -2.74. The standard InChI is InChI=1S/C7H5BrF2INO/c8-2-4-3(11)1-5(13)6(12-4)7(9)10/h1,7,13H,2H2. The van der Waals surface area contributed by atoms with Gasteiger partial charge >= 0.3 is 0 Å². The fourth-order valence-electron chi connectivity index (χ4n) is 0.788. The van der Waals surface area contributed by atoms with Crippen LogP contribution in [0, 0.1) is 3.57 Å². The number of aromatic hydroxyl groups is 1. The predicted molar refractivity (Wildman–Crippen MR) is 56.2 cm³/mol. The van der Waals surface area contributed by atoms with Gasteiger partial charge in [0.2, 0.25) is 0 Å². The van der Waals surface area contributed by atoms with Crippen molar-refractivity contribution in [2.24, 2.45) is 0 Å². The van der Waals surface area contributed by atoms with E-state index in [0.29, 0.717) is 14.6 Å². The molecule has 0 aromatic carbocycles. The lowest BCUT2D eigenvalue weighted by Gasteiger charge is -2.06. The van der Waals surface area contributed by atoms with Crippen molar-refractivity contribution in [3.05, 3.63) is 21.0 Å². The minimum atomic E-state index is -2.74. The molecular weight excluding hydrogens is 359 g/mol. The molecule has 0 atom stereocenters. The van der Waals surface area contributed by atoms with Crippen LogP contribution >= 0.6 is 38.5 Å². The van der Waals surface area contributed by atoms with Crippen LogP contribution in [0.3, 0.4) is 0 Å². The summed E-state index contributed by atoms with van der Waals surface area (Å²) < 4.78 is 25.1. The van der Waals surface area contributed by atoms with Gasteiger partial charge in [0.15, 0.2) is 0 Å². The maximum absolute atomic E-state index is 12.2. The van der Waals surface area contributed by atoms with Crippen molar-refractivity contribution in [2.45, 2.75) is 11.8 Å². The molecule has 1 aromatic heterocycles. The van der Waals surface area contributed by atoms with Crippen molar-refractivity contribution in [3.63, 3.8) is 0 Å². The Morgan fingerprint density at radius 2 is 2.23 bits per heavy atom. The van der Waals surface area contributed by atoms with Crippen LogP contribution in [0.5, 0.6) is 5.75 Å². The fourth-order valence-corrected chi connectivity index (χ4v) is 2.35. The lowest BCUT2D eigenvalue weighted by Crippen LogP contribution is -1.97. The van der Waals surface area contributed by atoms with Gasteiger partial charge in [0.1, 0.15) is 11.4 Å². The molecule has 0 unspecified atom stereocenters. The molecule has 1 N–H and O–H groups in total. The molecule has 13 heavy (non-hydrogen) atoms. The summed E-state index contributed by atoms with van der Waals surface area (Å²) >= 11 is 5.05. The van der Waals surface area contributed by atoms with Gasteiger partial charge < -0.3 is 5.11 Å². The molecule has 1 rings (SSSR count). The van der Waals surface area contributed by atoms with Crippen molar-refractivity contribution in [3.8, 4) is 5.75 Å². The second-order valence-corrected chi connectivity index (χ2v) is 3.98. The lowest BCUT2D eigenvalue weighted by molar-refractivity contribution is 0.141. The van der Waals surface area contributed by atoms with Crippen LogP contribution in [-0.2, 0) is 5.33 Å². The Hall–Kier alpha value is 0.0200. The van der Waals surface area contributed by atoms with Gasteiger partial charge in [-0.15, -0.1) is 0 Å². The number of halogens is 4. The summed E-state index contributed by atoms with van der Waals surface area (Å²) in [5.41, 5.74) is -0.0523. The highest BCUT2D eigenvalue weighted by atomic mass is 127. The number of hydrogen-bond acceptors (Lipinski definition) is 2. The topological polar surface area (TPSA) is 33.1 Å². The number of alkyl halides is 3. The van der Waals surface area contributed by atoms with Crippen LogP contribution in [0.15, 0.2) is 6.07 Å². The number of aromatic nitrogens is 1. The van der Waals surface area contributed by atoms with E-state index in [2.05, 4.69) is 20.9 Å². The molecule has 0 amide bonds. The largest absolute Gasteiger partial charge is 0.506 e. The molecule has 0 aliphatic carbocycles. The molecule has 0 aliphatic heterocycles. The van der Waals surface area contributed by atoms with Gasteiger partial charge in [0, 0.05) is 8.90 Å². The van der Waals surface area contributed by atoms with Gasteiger partial charge in [-0.2, -0.15) is 0 Å². The summed E-state index contributed by atoms with van der Waals surface area (Å²) in [6.45, 7) is 0. The van der Waals surface area contributed by atoms with Crippen molar-refractivity contribution >= 4 is 38.5 Å². The number of hydrogen-bond donors (Lipinski definition) is 1. The van der Waals surface area contributed by atoms with E-state index >= 15 is 0 Å². The van der Waals surface area contributed by atoms with E-state index in [1.807, 2.05) is 22.6 Å². The summed E-state index contributed by atoms with van der Waals surface area (Å²) in [5, 5.41) is 9.51. The van der Waals surface area contributed by atoms with Crippen molar-refractivity contribution in [2.75, 3.05) is 0 Å². The van der Waals surface area contributed by atoms with E-state index in [0.717, 1.165) is 0 Å². The highest BCUT2D eigenvalue weighted by Crippen LogP contribution is 2.29. The van der Waals surface area contributed by atoms with Crippen molar-refractivity contribution < 1.29 is 13.9 Å². The average molecular weight is 364 g/mol. The molecular formula is C7H5BrF2INO. The van der Waals surface area contributed by atoms with E-state index < -0.39 is 17.9 Å². The first kappa shape index (κ1) is 11.1. The molecule has 0 radical (unpaired) electrons. The molecule has 0 fully saturated rings. The van der Waals surface area contributed by atoms with E-state index in [1.54, 1.807) is 0 Å². The van der Waals surface area contributed by atoms with Gasteiger partial charge in [-0.05, 0) is 28.7 Å². The fraction of sp³-hybridized carbons (Fsp3) is 0.286. The monoisotopic (exact) mass is 363 g/mol. The molecule has 0 saturated heterocycles. The van der Waals surface area contributed by atoms with Gasteiger partial charge in [-0.25, -0.2) is 13.8 Å². The molecule has 1 aromatic rings. The van der Waals surface area contributed by atoms with Gasteiger partial charge in [0.25, 0.3) is 6.43 Å². The Balaban J connectivity index is 3.22. The van der Waals surface area contributed by atoms with E-state index in [9.17, 15) is 8.78 Å². The van der Waals surface area contributed by atoms with Crippen LogP contribution in [0.2, 0.25) is 0 Å². The minimum absolute atomic E-state index is 0.394. The summed E-state index contributed by atoms with van der Waals surface area (Å²) in [6, 6.07) is 1.28. The van der Waals surface area contributed by atoms with Crippen molar-refractivity contribution in [1.82, 2.24) is 4.98 Å². The normalized spacial score (nSPS) is 10.8. The Morgan fingerprint density at radius 3 is 2.69 bits per heavy atom. The van der Waals surface area contributed by atoms with Gasteiger partial charge in [0.05, 0.1) is 5.69 Å². The summed E-state index contributed by atoms with van der Waals surface area (Å²) in [5.74, 6) is -0.455. The maximum atomic E-state index is 12.2. The third-order valence-electron chi connectivity index (χ3n) is 1.39. The molecule has 1 heterocycles. The van der Waals surface area contributed by atoms with Crippen LogP contribution in [0.1, 0.15) is 17.8 Å². The summed E-state index contributed by atoms with van der Waals surface area (Å²) in [7, 11) is 0. The highest BCUT2D eigenvalue weighted by molar-refractivity contribution is 14.1. The molecule has 0 spiro atoms. The second-order valence-electron chi connectivity index (χ2n) is 2.26. The zero-order chi connectivity index (χ0) is 10.0. The number of nitrogens with zero attached hydrogens (tertiary/aromatic N) is 1. The molecule has 6 heteroatoms. The Morgan fingerprint density at radius 1 is 1.62 bits per heavy atom.